The van der Waals surface area contributed by atoms with Crippen molar-refractivity contribution in [1.82, 2.24) is 30.4 Å². The Morgan fingerprint density at radius 1 is 0.163 bits per heavy atom. The third-order valence-electron chi connectivity index (χ3n) is 29.1. The fourth-order valence-corrected chi connectivity index (χ4v) is 22.7. The number of rotatable bonds is 10. The van der Waals surface area contributed by atoms with E-state index >= 15 is 0 Å². The van der Waals surface area contributed by atoms with Gasteiger partial charge < -0.3 is 18.6 Å². The van der Waals surface area contributed by atoms with Gasteiger partial charge in [0.1, 0.15) is 34.5 Å². The molecular formula is C131H82N6O4. The molecule has 10 nitrogen and oxygen atoms in total. The van der Waals surface area contributed by atoms with Gasteiger partial charge in [-0.05, 0) is 190 Å². The van der Waals surface area contributed by atoms with Gasteiger partial charge in [0.05, 0.1) is 38.8 Å². The molecule has 0 unspecified atom stereocenters. The Hall–Kier alpha value is -18.6. The Morgan fingerprint density at radius 2 is 0.418 bits per heavy atom. The van der Waals surface area contributed by atoms with Crippen molar-refractivity contribution in [3.05, 3.63) is 564 Å². The van der Waals surface area contributed by atoms with Gasteiger partial charge in [0, 0.05) is 72.1 Å². The molecule has 3 spiro atoms. The summed E-state index contributed by atoms with van der Waals surface area (Å²) in [5, 5.41) is 18.5. The second-order valence-corrected chi connectivity index (χ2v) is 36.5. The molecular weight excluding hydrogens is 1720 g/mol. The minimum Gasteiger partial charge on any atom is -0.457 e. The van der Waals surface area contributed by atoms with E-state index in [0.29, 0.717) is 17.6 Å². The first-order valence-corrected chi connectivity index (χ1v) is 47.7. The second-order valence-electron chi connectivity index (χ2n) is 36.5. The molecule has 0 N–H and O–H groups in total. The van der Waals surface area contributed by atoms with Gasteiger partial charge in [-0.1, -0.05) is 419 Å². The molecule has 6 heterocycles. The third-order valence-corrected chi connectivity index (χ3v) is 29.1. The van der Waals surface area contributed by atoms with Crippen molar-refractivity contribution in [2.24, 2.45) is 0 Å². The van der Waals surface area contributed by atoms with Crippen molar-refractivity contribution in [2.75, 3.05) is 0 Å². The minimum absolute atomic E-state index is 0.440. The molecule has 0 bridgehead atoms. The average molecular weight is 1800 g/mol. The zero-order valence-corrected chi connectivity index (χ0v) is 76.2. The van der Waals surface area contributed by atoms with Crippen LogP contribution in [0.3, 0.4) is 0 Å². The maximum absolute atomic E-state index is 6.76. The average Bonchev–Trinajstić information content (AvgIpc) is 1.50. The van der Waals surface area contributed by atoms with E-state index in [9.17, 15) is 0 Å². The smallest absolute Gasteiger partial charge is 0.248 e. The highest BCUT2D eigenvalue weighted by Crippen LogP contribution is 2.66. The van der Waals surface area contributed by atoms with Crippen LogP contribution in [0.4, 0.5) is 0 Å². The topological polar surface area (TPSA) is 118 Å². The summed E-state index contributed by atoms with van der Waals surface area (Å²) in [7, 11) is 0. The van der Waals surface area contributed by atoms with E-state index in [4.69, 9.17) is 28.6 Å². The lowest BCUT2D eigenvalue weighted by Crippen LogP contribution is -2.32. The van der Waals surface area contributed by atoms with Crippen molar-refractivity contribution >= 4 is 10.9 Å². The van der Waals surface area contributed by atoms with Gasteiger partial charge in [-0.15, -0.1) is 20.4 Å². The molecule has 0 saturated carbocycles. The van der Waals surface area contributed by atoms with Gasteiger partial charge in [-0.3, -0.25) is 0 Å². The molecule has 0 fully saturated rings. The van der Waals surface area contributed by atoms with E-state index in [1.165, 1.54) is 100 Å². The maximum Gasteiger partial charge on any atom is 0.248 e. The molecule has 0 amide bonds. The van der Waals surface area contributed by atoms with Crippen LogP contribution in [-0.4, -0.2) is 30.4 Å². The molecule has 3 aliphatic heterocycles. The Bertz CT molecular complexity index is 8730. The Morgan fingerprint density at radius 3 is 0.794 bits per heavy atom. The largest absolute Gasteiger partial charge is 0.457 e. The number of fused-ring (bicyclic) bond motifs is 28. The Kier molecular flexibility index (Phi) is 19.4. The van der Waals surface area contributed by atoms with Crippen LogP contribution >= 0.6 is 0 Å². The van der Waals surface area contributed by atoms with Gasteiger partial charge in [0.15, 0.2) is 5.82 Å². The number of hydrogen-bond acceptors (Lipinski definition) is 10. The van der Waals surface area contributed by atoms with Crippen molar-refractivity contribution < 1.29 is 18.6 Å². The predicted octanol–water partition coefficient (Wildman–Crippen LogP) is 32.3. The second kappa shape index (κ2) is 33.4. The summed E-state index contributed by atoms with van der Waals surface area (Å²) in [6, 6.07) is 175. The van der Waals surface area contributed by atoms with Gasteiger partial charge in [-0.25, -0.2) is 9.97 Å². The lowest BCUT2D eigenvalue weighted by atomic mass is 9.66. The van der Waals surface area contributed by atoms with Gasteiger partial charge in [0.2, 0.25) is 11.8 Å². The summed E-state index contributed by atoms with van der Waals surface area (Å²) < 4.78 is 26.1. The van der Waals surface area contributed by atoms with E-state index in [2.05, 4.69) is 415 Å². The monoisotopic (exact) mass is 1800 g/mol. The zero-order valence-electron chi connectivity index (χ0n) is 76.2. The van der Waals surface area contributed by atoms with Crippen molar-refractivity contribution in [2.45, 2.75) is 16.2 Å². The Balaban J connectivity index is 0.000000107. The fraction of sp³-hybridized carbons (Fsp3) is 0.0229. The summed E-state index contributed by atoms with van der Waals surface area (Å²) >= 11 is 0. The zero-order chi connectivity index (χ0) is 93.1. The molecule has 29 rings (SSSR count). The molecule has 660 valence electrons. The number of hydrogen-bond donors (Lipinski definition) is 0. The van der Waals surface area contributed by atoms with Crippen LogP contribution in [0.15, 0.2) is 502 Å². The lowest BCUT2D eigenvalue weighted by molar-refractivity contribution is 0.436. The van der Waals surface area contributed by atoms with E-state index in [1.807, 2.05) is 103 Å². The van der Waals surface area contributed by atoms with Gasteiger partial charge in [-0.2, -0.15) is 0 Å². The van der Waals surface area contributed by atoms with Crippen LogP contribution in [-0.2, 0) is 16.2 Å². The van der Waals surface area contributed by atoms with Crippen LogP contribution in [0.1, 0.15) is 66.8 Å². The highest BCUT2D eigenvalue weighted by molar-refractivity contribution is 5.97. The first-order chi connectivity index (χ1) is 69.9. The van der Waals surface area contributed by atoms with Crippen LogP contribution in [0.2, 0.25) is 0 Å². The highest BCUT2D eigenvalue weighted by Gasteiger charge is 2.54. The van der Waals surface area contributed by atoms with Crippen LogP contribution in [0, 0.1) is 0 Å². The minimum atomic E-state index is -0.466. The molecule has 20 aromatic carbocycles. The summed E-state index contributed by atoms with van der Waals surface area (Å²) in [5.74, 6) is 7.03. The standard InChI is InChI=1S/C51H32N2O.C41H26N2O.C39H24N2O2/c1-2-12-33(13-3-1)34-22-26-36(27-23-34)49-41-16-6-10-20-46(41)52-50(53-49)37-28-24-35(25-29-37)38-30-31-45-48(32-38)54-47-21-11-9-19-44(47)51(45)42-17-7-4-14-39(42)40-15-5-8-18-43(40)51;1-2-10-28(11-3-1)37-24-25-38(43-42-37)29-20-18-27(19-21-29)30-22-23-36-40(26-30)44-39-17-9-8-16-35(39)41(36)33-14-6-4-12-31(33)32-13-5-7-15-34(32)41;1-2-10-26(11-3-1)37-40-41-38(43-37)27-20-18-25(19-21-27)28-22-23-34-36(24-28)42-35-17-9-8-16-33(35)39(34)31-14-6-4-12-29(31)30-13-5-7-15-32(30)39/h1-32H;1-26H;1-24H. The van der Waals surface area contributed by atoms with Crippen molar-refractivity contribution in [3.63, 3.8) is 0 Å². The number of para-hydroxylation sites is 4. The summed E-state index contributed by atoms with van der Waals surface area (Å²) in [6.07, 6.45) is 0. The maximum atomic E-state index is 6.76. The summed E-state index contributed by atoms with van der Waals surface area (Å²) in [6.45, 7) is 0. The number of ether oxygens (including phenoxy) is 3. The predicted molar refractivity (Wildman–Crippen MR) is 562 cm³/mol. The number of benzene rings is 20. The SMILES string of the molecule is c1ccc(-c2ccc(-c3ccc(-c4ccc5c(c4)Oc4ccccc4C54c5ccccc5-c5ccccc54)cc3)nn2)cc1.c1ccc(-c2ccc(-c3nc(-c4ccc(-c5ccc6c(c5)Oc5ccccc5C65c6ccccc6-c6ccccc65)cc4)nc4ccccc34)cc2)cc1.c1ccc(-c2nnc(-c3ccc(-c4ccc5c(c4)Oc4ccccc4C54c5ccccc5-c5ccccc54)cc3)o2)cc1. The van der Waals surface area contributed by atoms with Gasteiger partial charge in [0.25, 0.3) is 0 Å². The van der Waals surface area contributed by atoms with Crippen molar-refractivity contribution in [3.8, 4) is 180 Å². The van der Waals surface area contributed by atoms with Crippen LogP contribution in [0.5, 0.6) is 34.5 Å². The molecule has 6 aliphatic rings. The number of nitrogens with zero attached hydrogens (tertiary/aromatic N) is 6. The van der Waals surface area contributed by atoms with E-state index in [1.54, 1.807) is 0 Å². The highest BCUT2D eigenvalue weighted by atomic mass is 16.5. The van der Waals surface area contributed by atoms with E-state index in [-0.39, 0.29) is 0 Å². The first-order valence-electron chi connectivity index (χ1n) is 47.7. The molecule has 0 radical (unpaired) electrons. The van der Waals surface area contributed by atoms with Crippen LogP contribution < -0.4 is 14.2 Å². The molecule has 23 aromatic rings. The third kappa shape index (κ3) is 13.2. The quantitative estimate of drug-likeness (QED) is 0.131. The lowest BCUT2D eigenvalue weighted by Gasteiger charge is -2.39. The fourth-order valence-electron chi connectivity index (χ4n) is 22.7. The van der Waals surface area contributed by atoms with E-state index < -0.39 is 16.2 Å². The Labute approximate surface area is 815 Å². The molecule has 3 aromatic heterocycles. The van der Waals surface area contributed by atoms with Gasteiger partial charge >= 0.3 is 0 Å². The van der Waals surface area contributed by atoms with Crippen LogP contribution in [0.25, 0.3) is 157 Å². The summed E-state index contributed by atoms with van der Waals surface area (Å²) in [5.41, 5.74) is 39.5. The van der Waals surface area contributed by atoms with Crippen molar-refractivity contribution in [1.29, 1.82) is 0 Å². The molecule has 3 aliphatic carbocycles. The molecule has 141 heavy (non-hydrogen) atoms. The molecule has 10 heteroatoms. The number of aromatic nitrogens is 6. The molecule has 0 saturated heterocycles. The molecule has 0 atom stereocenters. The normalized spacial score (nSPS) is 13.3. The van der Waals surface area contributed by atoms with E-state index in [0.717, 1.165) is 140 Å². The first kappa shape index (κ1) is 81.9. The summed E-state index contributed by atoms with van der Waals surface area (Å²) in [4.78, 5) is 10.2.